The molecule has 0 spiro atoms. The van der Waals surface area contributed by atoms with Crippen LogP contribution in [0, 0.1) is 0 Å². The molecule has 3 amide bonds. The van der Waals surface area contributed by atoms with E-state index in [4.69, 9.17) is 16.3 Å². The Bertz CT molecular complexity index is 2700. The molecule has 330 valence electrons. The number of nitrogens with one attached hydrogen (secondary N) is 5. The number of anilines is 7. The van der Waals surface area contributed by atoms with Crippen molar-refractivity contribution in [1.82, 2.24) is 35.1 Å². The van der Waals surface area contributed by atoms with Gasteiger partial charge in [-0.3, -0.25) is 34.4 Å². The molecule has 5 heterocycles. The Morgan fingerprint density at radius 1 is 0.984 bits per heavy atom. The Hall–Kier alpha value is -6.31. The zero-order valence-electron chi connectivity index (χ0n) is 35.4. The number of likely N-dealkylation sites (N-methyl/N-ethyl adjacent to an activating group) is 1. The Morgan fingerprint density at radius 3 is 2.52 bits per heavy atom. The second kappa shape index (κ2) is 18.2. The van der Waals surface area contributed by atoms with Crippen LogP contribution < -0.4 is 35.6 Å². The molecule has 5 aromatic rings. The monoisotopic (exact) mass is 896 g/mol. The van der Waals surface area contributed by atoms with Gasteiger partial charge in [-0.15, -0.1) is 0 Å². The number of imide groups is 1. The number of methoxy groups -OCH3 is 1. The van der Waals surface area contributed by atoms with E-state index in [9.17, 15) is 22.8 Å². The van der Waals surface area contributed by atoms with Crippen LogP contribution >= 0.6 is 11.6 Å². The van der Waals surface area contributed by atoms with E-state index in [1.165, 1.54) is 18.6 Å². The summed E-state index contributed by atoms with van der Waals surface area (Å²) in [6.45, 7) is 5.65. The van der Waals surface area contributed by atoms with Gasteiger partial charge in [-0.2, -0.15) is 4.98 Å². The lowest BCUT2D eigenvalue weighted by atomic mass is 10.0. The smallest absolute Gasteiger partial charge is 0.255 e. The number of hydrogen-bond acceptors (Lipinski definition) is 15. The summed E-state index contributed by atoms with van der Waals surface area (Å²) >= 11 is 6.55. The summed E-state index contributed by atoms with van der Waals surface area (Å²) in [6.07, 6.45) is 8.79. The SMILES string of the molecule is CCc1cc(Nc2ncc(Cl)c(Nc3ccc4nccnc4c3NS(C)(=O)=O)n2)c(OC)cc1N1CCC(N(C)CCNc2cccc3c2CN(C2CCC(=O)NC2=O)C3=O)CC1. The number of carbonyl (C=O) groups is 3. The lowest BCUT2D eigenvalue weighted by Gasteiger charge is -2.39. The largest absolute Gasteiger partial charge is 0.494 e. The second-order valence-electron chi connectivity index (χ2n) is 15.8. The lowest BCUT2D eigenvalue weighted by molar-refractivity contribution is -0.136. The Kier molecular flexibility index (Phi) is 12.5. The van der Waals surface area contributed by atoms with Crippen molar-refractivity contribution in [2.75, 3.05) is 72.2 Å². The van der Waals surface area contributed by atoms with Gasteiger partial charge in [0.05, 0.1) is 42.1 Å². The maximum absolute atomic E-state index is 13.3. The number of carbonyl (C=O) groups excluding carboxylic acids is 3. The topological polar surface area (TPSA) is 216 Å². The van der Waals surface area contributed by atoms with Crippen molar-refractivity contribution in [3.8, 4) is 5.75 Å². The van der Waals surface area contributed by atoms with Crippen LogP contribution in [-0.2, 0) is 32.6 Å². The summed E-state index contributed by atoms with van der Waals surface area (Å²) in [5, 5.41) is 12.6. The summed E-state index contributed by atoms with van der Waals surface area (Å²) in [4.78, 5) is 61.6. The molecule has 20 heteroatoms. The molecule has 18 nitrogen and oxygen atoms in total. The maximum atomic E-state index is 13.3. The first-order chi connectivity index (χ1) is 30.3. The molecule has 1 unspecified atom stereocenters. The molecular weight excluding hydrogens is 848 g/mol. The number of benzene rings is 3. The van der Waals surface area contributed by atoms with E-state index in [2.05, 4.69) is 75.8 Å². The number of ether oxygens (including phenoxy) is 1. The summed E-state index contributed by atoms with van der Waals surface area (Å²) in [5.41, 5.74) is 6.69. The van der Waals surface area contributed by atoms with Crippen LogP contribution in [0.4, 0.5) is 40.2 Å². The number of aromatic nitrogens is 4. The van der Waals surface area contributed by atoms with Crippen LogP contribution in [-0.4, -0.2) is 115 Å². The first kappa shape index (κ1) is 43.3. The van der Waals surface area contributed by atoms with Gasteiger partial charge in [-0.05, 0) is 68.6 Å². The predicted octanol–water partition coefficient (Wildman–Crippen LogP) is 5.28. The molecule has 5 N–H and O–H groups in total. The quantitative estimate of drug-likeness (QED) is 0.0846. The summed E-state index contributed by atoms with van der Waals surface area (Å²) < 4.78 is 33.1. The predicted molar refractivity (Wildman–Crippen MR) is 243 cm³/mol. The van der Waals surface area contributed by atoms with Crippen molar-refractivity contribution < 1.29 is 27.5 Å². The molecule has 0 bridgehead atoms. The van der Waals surface area contributed by atoms with Crippen molar-refractivity contribution in [2.24, 2.45) is 0 Å². The first-order valence-corrected chi connectivity index (χ1v) is 23.0. The van der Waals surface area contributed by atoms with E-state index in [0.717, 1.165) is 67.7 Å². The second-order valence-corrected chi connectivity index (χ2v) is 18.0. The maximum Gasteiger partial charge on any atom is 0.255 e. The number of hydrogen-bond donors (Lipinski definition) is 5. The number of fused-ring (bicyclic) bond motifs is 2. The molecule has 0 radical (unpaired) electrons. The molecule has 2 aromatic heterocycles. The minimum atomic E-state index is -3.68. The van der Waals surface area contributed by atoms with Gasteiger partial charge in [0, 0.05) is 86.1 Å². The van der Waals surface area contributed by atoms with Gasteiger partial charge in [0.25, 0.3) is 5.91 Å². The number of aryl methyl sites for hydroxylation is 1. The number of sulfonamides is 1. The standard InChI is InChI=1S/C43H49ClN12O6S/c1-5-25-21-33(50-43-48-23-29(44)40(52-43)49-32-10-9-31-38(47-16-15-45-31)39(32)53-63(4,60)61)36(62-3)22-35(25)55-18-13-26(14-19-55)54(2)20-17-46-30-8-6-7-27-28(30)24-56(42(27)59)34-11-12-37(57)51-41(34)58/h6-10,15-16,21-23,26,34,46,53H,5,11-14,17-20,24H2,1-4H3,(H,51,57,58)(H2,48,49,50,52). The molecule has 2 saturated heterocycles. The van der Waals surface area contributed by atoms with Crippen LogP contribution in [0.3, 0.4) is 0 Å². The zero-order chi connectivity index (χ0) is 44.4. The van der Waals surface area contributed by atoms with Crippen LogP contribution in [0.1, 0.15) is 54.1 Å². The van der Waals surface area contributed by atoms with E-state index >= 15 is 0 Å². The van der Waals surface area contributed by atoms with Crippen molar-refractivity contribution in [2.45, 2.75) is 57.7 Å². The zero-order valence-corrected chi connectivity index (χ0v) is 36.9. The van der Waals surface area contributed by atoms with Gasteiger partial charge in [0.2, 0.25) is 27.8 Å². The highest BCUT2D eigenvalue weighted by molar-refractivity contribution is 7.92. The first-order valence-electron chi connectivity index (χ1n) is 20.7. The van der Waals surface area contributed by atoms with E-state index in [-0.39, 0.29) is 40.7 Å². The number of piperidine rings is 2. The molecular formula is C43H49ClN12O6S. The molecule has 3 aliphatic heterocycles. The number of halogens is 1. The van der Waals surface area contributed by atoms with Crippen molar-refractivity contribution in [3.63, 3.8) is 0 Å². The normalized spacial score (nSPS) is 16.9. The Labute approximate surface area is 370 Å². The van der Waals surface area contributed by atoms with Gasteiger partial charge >= 0.3 is 0 Å². The van der Waals surface area contributed by atoms with Crippen LogP contribution in [0.15, 0.2) is 61.1 Å². The van der Waals surface area contributed by atoms with E-state index in [1.54, 1.807) is 30.2 Å². The summed E-state index contributed by atoms with van der Waals surface area (Å²) in [5.74, 6) is 0.191. The van der Waals surface area contributed by atoms with Crippen LogP contribution in [0.5, 0.6) is 5.75 Å². The third-order valence-electron chi connectivity index (χ3n) is 11.7. The Morgan fingerprint density at radius 2 is 1.78 bits per heavy atom. The highest BCUT2D eigenvalue weighted by atomic mass is 35.5. The van der Waals surface area contributed by atoms with Crippen molar-refractivity contribution in [3.05, 3.63) is 82.8 Å². The number of amides is 3. The summed E-state index contributed by atoms with van der Waals surface area (Å²) in [6, 6.07) is 12.9. The molecule has 2 fully saturated rings. The fraction of sp³-hybridized carbons (Fsp3) is 0.372. The van der Waals surface area contributed by atoms with Crippen LogP contribution in [0.25, 0.3) is 11.0 Å². The Balaban J connectivity index is 0.894. The van der Waals surface area contributed by atoms with Crippen molar-refractivity contribution >= 4 is 90.6 Å². The van der Waals surface area contributed by atoms with Gasteiger partial charge < -0.3 is 35.4 Å². The highest BCUT2D eigenvalue weighted by Crippen LogP contribution is 2.39. The van der Waals surface area contributed by atoms with E-state index in [1.807, 2.05) is 18.2 Å². The third-order valence-corrected chi connectivity index (χ3v) is 12.6. The molecule has 0 saturated carbocycles. The molecule has 8 rings (SSSR count). The molecule has 63 heavy (non-hydrogen) atoms. The van der Waals surface area contributed by atoms with Crippen LogP contribution in [0.2, 0.25) is 5.02 Å². The van der Waals surface area contributed by atoms with E-state index in [0.29, 0.717) is 59.3 Å². The average Bonchev–Trinajstić information content (AvgIpc) is 3.61. The fourth-order valence-corrected chi connectivity index (χ4v) is 9.21. The van der Waals surface area contributed by atoms with Gasteiger partial charge in [-0.25, -0.2) is 13.4 Å². The molecule has 1 atom stereocenters. The minimum absolute atomic E-state index is 0.184. The summed E-state index contributed by atoms with van der Waals surface area (Å²) in [7, 11) is 0.0902. The molecule has 0 aliphatic carbocycles. The number of rotatable bonds is 15. The fourth-order valence-electron chi connectivity index (χ4n) is 8.50. The van der Waals surface area contributed by atoms with Crippen molar-refractivity contribution in [1.29, 1.82) is 0 Å². The number of nitrogens with zero attached hydrogens (tertiary/aromatic N) is 7. The average molecular weight is 897 g/mol. The lowest BCUT2D eigenvalue weighted by Crippen LogP contribution is -2.52. The van der Waals surface area contributed by atoms with E-state index < -0.39 is 22.0 Å². The van der Waals surface area contributed by atoms with Gasteiger partial charge in [0.15, 0.2) is 5.82 Å². The van der Waals surface area contributed by atoms with Gasteiger partial charge in [-0.1, -0.05) is 24.6 Å². The molecule has 3 aromatic carbocycles. The highest BCUT2D eigenvalue weighted by Gasteiger charge is 2.40. The molecule has 3 aliphatic rings. The van der Waals surface area contributed by atoms with Gasteiger partial charge in [0.1, 0.15) is 22.3 Å². The third kappa shape index (κ3) is 9.40. The minimum Gasteiger partial charge on any atom is -0.494 e.